The molecule has 0 aliphatic rings. The molecule has 0 amide bonds. The fourth-order valence-electron chi connectivity index (χ4n) is 1.74. The summed E-state index contributed by atoms with van der Waals surface area (Å²) in [5.74, 6) is 0. The van der Waals surface area contributed by atoms with Crippen LogP contribution in [-0.4, -0.2) is 6.54 Å². The topological polar surface area (TPSA) is 12.0 Å². The van der Waals surface area contributed by atoms with E-state index in [-0.39, 0.29) is 0 Å². The Balaban J connectivity index is 2.05. The Bertz CT molecular complexity index is 465. The molecule has 1 heterocycles. The van der Waals surface area contributed by atoms with E-state index in [2.05, 4.69) is 55.7 Å². The Hall–Kier alpha value is -0.860. The zero-order valence-electron chi connectivity index (χ0n) is 10.2. The first-order chi connectivity index (χ1) is 7.56. The number of hydrogen-bond donors (Lipinski definition) is 1. The second kappa shape index (κ2) is 4.56. The van der Waals surface area contributed by atoms with Gasteiger partial charge in [-0.15, -0.1) is 11.3 Å². The van der Waals surface area contributed by atoms with Crippen LogP contribution in [0.3, 0.4) is 0 Å². The van der Waals surface area contributed by atoms with E-state index in [1.165, 1.54) is 15.6 Å². The van der Waals surface area contributed by atoms with Crippen LogP contribution < -0.4 is 5.32 Å². The number of thiophene rings is 1. The number of hydrogen-bond acceptors (Lipinski definition) is 2. The van der Waals surface area contributed by atoms with Gasteiger partial charge >= 0.3 is 0 Å². The molecule has 0 radical (unpaired) electrons. The fraction of sp³-hybridized carbons (Fsp3) is 0.429. The van der Waals surface area contributed by atoms with Crippen molar-refractivity contribution in [3.8, 4) is 0 Å². The number of rotatable bonds is 3. The molecule has 2 aromatic rings. The van der Waals surface area contributed by atoms with Gasteiger partial charge in [0.15, 0.2) is 0 Å². The average molecular weight is 233 g/mol. The van der Waals surface area contributed by atoms with E-state index in [0.717, 1.165) is 13.1 Å². The van der Waals surface area contributed by atoms with E-state index in [0.29, 0.717) is 5.41 Å². The first-order valence-corrected chi connectivity index (χ1v) is 6.60. The normalized spacial score (nSPS) is 12.2. The third kappa shape index (κ3) is 2.83. The lowest BCUT2D eigenvalue weighted by Crippen LogP contribution is -2.26. The lowest BCUT2D eigenvalue weighted by Gasteiger charge is -2.18. The smallest absolute Gasteiger partial charge is 0.0346 e. The molecule has 1 aromatic carbocycles. The van der Waals surface area contributed by atoms with E-state index < -0.39 is 0 Å². The van der Waals surface area contributed by atoms with Crippen LogP contribution in [0.5, 0.6) is 0 Å². The van der Waals surface area contributed by atoms with Crippen LogP contribution in [0.2, 0.25) is 0 Å². The molecule has 0 aliphatic carbocycles. The van der Waals surface area contributed by atoms with E-state index in [1.54, 1.807) is 0 Å². The standard InChI is InChI=1S/C14H19NS/c1-14(2,3)10-15-8-11-9-16-13-7-5-4-6-12(11)13/h4-7,9,15H,8,10H2,1-3H3. The SMILES string of the molecule is CC(C)(C)CNCc1csc2ccccc12. The van der Waals surface area contributed by atoms with Crippen molar-refractivity contribution in [2.24, 2.45) is 5.41 Å². The highest BCUT2D eigenvalue weighted by atomic mass is 32.1. The van der Waals surface area contributed by atoms with Crippen LogP contribution in [-0.2, 0) is 6.54 Å². The zero-order chi connectivity index (χ0) is 11.6. The molecule has 0 aliphatic heterocycles. The van der Waals surface area contributed by atoms with Gasteiger partial charge in [-0.1, -0.05) is 39.0 Å². The molecule has 0 bridgehead atoms. The summed E-state index contributed by atoms with van der Waals surface area (Å²) in [6.07, 6.45) is 0. The quantitative estimate of drug-likeness (QED) is 0.843. The van der Waals surface area contributed by atoms with Gasteiger partial charge in [0.2, 0.25) is 0 Å². The molecule has 0 spiro atoms. The van der Waals surface area contributed by atoms with Gasteiger partial charge in [-0.25, -0.2) is 0 Å². The third-order valence-corrected chi connectivity index (χ3v) is 3.54. The molecular weight excluding hydrogens is 214 g/mol. The molecule has 2 rings (SSSR count). The van der Waals surface area contributed by atoms with Crippen LogP contribution in [0.15, 0.2) is 29.6 Å². The Morgan fingerprint density at radius 3 is 2.69 bits per heavy atom. The van der Waals surface area contributed by atoms with Gasteiger partial charge in [-0.2, -0.15) is 0 Å². The van der Waals surface area contributed by atoms with Gasteiger partial charge in [0.25, 0.3) is 0 Å². The van der Waals surface area contributed by atoms with Crippen LogP contribution in [0, 0.1) is 5.41 Å². The third-order valence-electron chi connectivity index (χ3n) is 2.53. The summed E-state index contributed by atoms with van der Waals surface area (Å²) in [6, 6.07) is 8.61. The van der Waals surface area contributed by atoms with Crippen LogP contribution in [0.4, 0.5) is 0 Å². The van der Waals surface area contributed by atoms with Gasteiger partial charge in [0.05, 0.1) is 0 Å². The van der Waals surface area contributed by atoms with E-state index >= 15 is 0 Å². The number of nitrogens with one attached hydrogen (secondary N) is 1. The molecule has 0 atom stereocenters. The minimum absolute atomic E-state index is 0.353. The predicted molar refractivity (Wildman–Crippen MR) is 73.0 cm³/mol. The van der Waals surface area contributed by atoms with Crippen molar-refractivity contribution in [2.45, 2.75) is 27.3 Å². The highest BCUT2D eigenvalue weighted by Crippen LogP contribution is 2.25. The largest absolute Gasteiger partial charge is 0.312 e. The summed E-state index contributed by atoms with van der Waals surface area (Å²) >= 11 is 1.83. The van der Waals surface area contributed by atoms with Crippen molar-refractivity contribution in [3.63, 3.8) is 0 Å². The fourth-order valence-corrected chi connectivity index (χ4v) is 2.70. The van der Waals surface area contributed by atoms with E-state index in [1.807, 2.05) is 11.3 Å². The summed E-state index contributed by atoms with van der Waals surface area (Å²) in [4.78, 5) is 0. The van der Waals surface area contributed by atoms with Crippen molar-refractivity contribution >= 4 is 21.4 Å². The van der Waals surface area contributed by atoms with Gasteiger partial charge < -0.3 is 5.32 Å². The molecule has 0 unspecified atom stereocenters. The zero-order valence-corrected chi connectivity index (χ0v) is 11.0. The highest BCUT2D eigenvalue weighted by molar-refractivity contribution is 7.17. The minimum Gasteiger partial charge on any atom is -0.312 e. The van der Waals surface area contributed by atoms with Crippen molar-refractivity contribution in [1.29, 1.82) is 0 Å². The molecule has 2 heteroatoms. The van der Waals surface area contributed by atoms with Crippen LogP contribution in [0.1, 0.15) is 26.3 Å². The van der Waals surface area contributed by atoms with Gasteiger partial charge in [-0.05, 0) is 27.8 Å². The molecule has 0 saturated heterocycles. The number of fused-ring (bicyclic) bond motifs is 1. The molecule has 0 fully saturated rings. The van der Waals surface area contributed by atoms with E-state index in [4.69, 9.17) is 0 Å². The lowest BCUT2D eigenvalue weighted by molar-refractivity contribution is 0.380. The summed E-state index contributed by atoms with van der Waals surface area (Å²) in [5, 5.41) is 7.19. The molecule has 0 saturated carbocycles. The molecule has 1 aromatic heterocycles. The summed E-state index contributed by atoms with van der Waals surface area (Å²) < 4.78 is 1.38. The molecule has 1 N–H and O–H groups in total. The Kier molecular flexibility index (Phi) is 3.31. The van der Waals surface area contributed by atoms with Gasteiger partial charge in [0, 0.05) is 17.8 Å². The first kappa shape index (κ1) is 11.6. The average Bonchev–Trinajstić information content (AvgIpc) is 2.60. The Labute approximate surface area is 101 Å². The maximum Gasteiger partial charge on any atom is 0.0346 e. The molecular formula is C14H19NS. The monoisotopic (exact) mass is 233 g/mol. The van der Waals surface area contributed by atoms with Gasteiger partial charge in [-0.3, -0.25) is 0 Å². The molecule has 86 valence electrons. The predicted octanol–water partition coefficient (Wildman–Crippen LogP) is 4.04. The van der Waals surface area contributed by atoms with Crippen molar-refractivity contribution in [3.05, 3.63) is 35.2 Å². The lowest BCUT2D eigenvalue weighted by atomic mass is 9.97. The Morgan fingerprint density at radius 1 is 1.19 bits per heavy atom. The Morgan fingerprint density at radius 2 is 1.94 bits per heavy atom. The molecule has 1 nitrogen and oxygen atoms in total. The maximum absolute atomic E-state index is 3.53. The summed E-state index contributed by atoms with van der Waals surface area (Å²) in [7, 11) is 0. The van der Waals surface area contributed by atoms with Crippen molar-refractivity contribution in [1.82, 2.24) is 5.32 Å². The highest BCUT2D eigenvalue weighted by Gasteiger charge is 2.09. The summed E-state index contributed by atoms with van der Waals surface area (Å²) in [5.41, 5.74) is 1.77. The van der Waals surface area contributed by atoms with Crippen LogP contribution >= 0.6 is 11.3 Å². The second-order valence-electron chi connectivity index (χ2n) is 5.42. The number of benzene rings is 1. The molecule has 16 heavy (non-hydrogen) atoms. The second-order valence-corrected chi connectivity index (χ2v) is 6.33. The van der Waals surface area contributed by atoms with E-state index in [9.17, 15) is 0 Å². The summed E-state index contributed by atoms with van der Waals surface area (Å²) in [6.45, 7) is 8.79. The van der Waals surface area contributed by atoms with Crippen molar-refractivity contribution in [2.75, 3.05) is 6.54 Å². The minimum atomic E-state index is 0.353. The van der Waals surface area contributed by atoms with Gasteiger partial charge in [0.1, 0.15) is 0 Å². The van der Waals surface area contributed by atoms with Crippen molar-refractivity contribution < 1.29 is 0 Å². The van der Waals surface area contributed by atoms with Crippen LogP contribution in [0.25, 0.3) is 10.1 Å². The maximum atomic E-state index is 3.53. The first-order valence-electron chi connectivity index (χ1n) is 5.72.